The topological polar surface area (TPSA) is 66.8 Å². The largest absolute Gasteiger partial charge is 0.274 e. The Balaban J connectivity index is 1.96. The van der Waals surface area contributed by atoms with Gasteiger partial charge in [0.15, 0.2) is 5.84 Å². The molecule has 0 atom stereocenters. The molecule has 0 bridgehead atoms. The van der Waals surface area contributed by atoms with Crippen molar-refractivity contribution in [3.8, 4) is 0 Å². The lowest BCUT2D eigenvalue weighted by Gasteiger charge is -2.18. The summed E-state index contributed by atoms with van der Waals surface area (Å²) in [7, 11) is -4.16. The number of halogens is 1. The van der Waals surface area contributed by atoms with E-state index >= 15 is 0 Å². The number of fused-ring (bicyclic) bond motifs is 1. The SMILES string of the molecule is Cc1ccc(S(=O)(=O)N2C(=O)c3ccccc3C2=Nc2c(C)cccc2Cl)cc1. The van der Waals surface area contributed by atoms with E-state index in [0.29, 0.717) is 16.3 Å². The highest BCUT2D eigenvalue weighted by Crippen LogP contribution is 2.34. The lowest BCUT2D eigenvalue weighted by atomic mass is 10.1. The minimum atomic E-state index is -4.16. The zero-order chi connectivity index (χ0) is 20.8. The monoisotopic (exact) mass is 424 g/mol. The number of carbonyl (C=O) groups is 1. The van der Waals surface area contributed by atoms with Crippen LogP contribution in [0.25, 0.3) is 0 Å². The zero-order valence-electron chi connectivity index (χ0n) is 15.8. The van der Waals surface area contributed by atoms with Crippen LogP contribution in [0.5, 0.6) is 0 Å². The van der Waals surface area contributed by atoms with Gasteiger partial charge in [0.25, 0.3) is 15.9 Å². The van der Waals surface area contributed by atoms with Crippen LogP contribution < -0.4 is 0 Å². The van der Waals surface area contributed by atoms with Crippen molar-refractivity contribution in [1.29, 1.82) is 0 Å². The molecule has 3 aromatic rings. The van der Waals surface area contributed by atoms with Gasteiger partial charge in [0.1, 0.15) is 0 Å². The third kappa shape index (κ3) is 3.24. The molecule has 0 unspecified atom stereocenters. The van der Waals surface area contributed by atoms with Gasteiger partial charge in [0.2, 0.25) is 0 Å². The molecule has 4 rings (SSSR count). The molecule has 1 aliphatic heterocycles. The number of hydrogen-bond acceptors (Lipinski definition) is 4. The van der Waals surface area contributed by atoms with Crippen molar-refractivity contribution < 1.29 is 13.2 Å². The third-order valence-corrected chi connectivity index (χ3v) is 6.73. The van der Waals surface area contributed by atoms with Crippen LogP contribution in [0.15, 0.2) is 76.6 Å². The first-order chi connectivity index (χ1) is 13.8. The summed E-state index contributed by atoms with van der Waals surface area (Å²) in [6.07, 6.45) is 0. The average Bonchev–Trinajstić information content (AvgIpc) is 2.98. The summed E-state index contributed by atoms with van der Waals surface area (Å²) < 4.78 is 27.5. The Kier molecular flexibility index (Phi) is 4.76. The molecule has 0 saturated heterocycles. The van der Waals surface area contributed by atoms with Crippen LogP contribution in [-0.2, 0) is 10.0 Å². The van der Waals surface area contributed by atoms with Crippen LogP contribution >= 0.6 is 11.6 Å². The molecular weight excluding hydrogens is 408 g/mol. The van der Waals surface area contributed by atoms with Crippen LogP contribution in [-0.4, -0.2) is 24.5 Å². The van der Waals surface area contributed by atoms with E-state index in [9.17, 15) is 13.2 Å². The zero-order valence-corrected chi connectivity index (χ0v) is 17.3. The Morgan fingerprint density at radius 2 is 1.52 bits per heavy atom. The van der Waals surface area contributed by atoms with Gasteiger partial charge in [-0.2, -0.15) is 4.31 Å². The van der Waals surface area contributed by atoms with Crippen LogP contribution in [0.4, 0.5) is 5.69 Å². The van der Waals surface area contributed by atoms with Crippen molar-refractivity contribution in [3.63, 3.8) is 0 Å². The Hall–Kier alpha value is -2.96. The third-order valence-electron chi connectivity index (χ3n) is 4.74. The van der Waals surface area contributed by atoms with Gasteiger partial charge in [0, 0.05) is 5.56 Å². The maximum absolute atomic E-state index is 13.4. The summed E-state index contributed by atoms with van der Waals surface area (Å²) in [5.41, 5.74) is 2.85. The van der Waals surface area contributed by atoms with E-state index in [1.54, 1.807) is 48.5 Å². The van der Waals surface area contributed by atoms with Gasteiger partial charge < -0.3 is 0 Å². The number of para-hydroxylation sites is 1. The van der Waals surface area contributed by atoms with Crippen LogP contribution in [0, 0.1) is 13.8 Å². The Morgan fingerprint density at radius 3 is 2.17 bits per heavy atom. The molecule has 0 fully saturated rings. The molecular formula is C22H17ClN2O3S. The van der Waals surface area contributed by atoms with Crippen molar-refractivity contribution in [2.45, 2.75) is 18.7 Å². The van der Waals surface area contributed by atoms with E-state index in [1.165, 1.54) is 12.1 Å². The molecule has 0 spiro atoms. The molecule has 0 radical (unpaired) electrons. The highest BCUT2D eigenvalue weighted by Gasteiger charge is 2.42. The van der Waals surface area contributed by atoms with Crippen LogP contribution in [0.2, 0.25) is 5.02 Å². The molecule has 0 aromatic heterocycles. The summed E-state index contributed by atoms with van der Waals surface area (Å²) in [5.74, 6) is -0.591. The minimum absolute atomic E-state index is 0.0211. The van der Waals surface area contributed by atoms with Crippen molar-refractivity contribution in [3.05, 3.63) is 94.0 Å². The summed E-state index contributed by atoms with van der Waals surface area (Å²) in [6.45, 7) is 3.69. The van der Waals surface area contributed by atoms with Gasteiger partial charge in [-0.05, 0) is 43.7 Å². The second-order valence-corrected chi connectivity index (χ2v) is 8.97. The van der Waals surface area contributed by atoms with Crippen LogP contribution in [0.1, 0.15) is 27.0 Å². The molecule has 1 amide bonds. The van der Waals surface area contributed by atoms with E-state index in [1.807, 2.05) is 19.9 Å². The van der Waals surface area contributed by atoms with Crippen LogP contribution in [0.3, 0.4) is 0 Å². The van der Waals surface area contributed by atoms with E-state index in [-0.39, 0.29) is 16.3 Å². The van der Waals surface area contributed by atoms with Crippen molar-refractivity contribution in [2.75, 3.05) is 0 Å². The Morgan fingerprint density at radius 1 is 0.862 bits per heavy atom. The predicted molar refractivity (Wildman–Crippen MR) is 113 cm³/mol. The first-order valence-corrected chi connectivity index (χ1v) is 10.7. The number of rotatable bonds is 3. The number of sulfonamides is 1. The summed E-state index contributed by atoms with van der Waals surface area (Å²) >= 11 is 6.31. The fourth-order valence-electron chi connectivity index (χ4n) is 3.19. The lowest BCUT2D eigenvalue weighted by molar-refractivity contribution is 0.0922. The van der Waals surface area contributed by atoms with E-state index in [2.05, 4.69) is 4.99 Å². The maximum atomic E-state index is 13.4. The quantitative estimate of drug-likeness (QED) is 0.601. The van der Waals surface area contributed by atoms with Gasteiger partial charge >= 0.3 is 0 Å². The molecule has 0 saturated carbocycles. The summed E-state index contributed by atoms with van der Waals surface area (Å²) in [4.78, 5) is 17.7. The van der Waals surface area contributed by atoms with E-state index < -0.39 is 15.9 Å². The Bertz CT molecular complexity index is 1250. The van der Waals surface area contributed by atoms with Crippen molar-refractivity contribution in [1.82, 2.24) is 4.31 Å². The molecule has 1 aliphatic rings. The minimum Gasteiger partial charge on any atom is -0.267 e. The number of aliphatic imine (C=N–C) groups is 1. The smallest absolute Gasteiger partial charge is 0.267 e. The number of carbonyl (C=O) groups excluding carboxylic acids is 1. The second kappa shape index (κ2) is 7.13. The highest BCUT2D eigenvalue weighted by molar-refractivity contribution is 7.90. The van der Waals surface area contributed by atoms with Gasteiger partial charge in [-0.3, -0.25) is 4.79 Å². The van der Waals surface area contributed by atoms with Crippen molar-refractivity contribution >= 4 is 39.1 Å². The summed E-state index contributed by atoms with van der Waals surface area (Å²) in [6, 6.07) is 18.3. The highest BCUT2D eigenvalue weighted by atomic mass is 35.5. The number of aryl methyl sites for hydroxylation is 2. The molecule has 29 heavy (non-hydrogen) atoms. The van der Waals surface area contributed by atoms with E-state index in [4.69, 9.17) is 11.6 Å². The van der Waals surface area contributed by atoms with Gasteiger partial charge in [-0.15, -0.1) is 0 Å². The number of benzene rings is 3. The molecule has 0 N–H and O–H groups in total. The standard InChI is InChI=1S/C22H17ClN2O3S/c1-14-10-12-16(13-11-14)29(27,28)25-21(17-7-3-4-8-18(17)22(25)26)24-20-15(2)6-5-9-19(20)23/h3-13H,1-2H3. The second-order valence-electron chi connectivity index (χ2n) is 6.77. The fraction of sp³-hybridized carbons (Fsp3) is 0.0909. The number of nitrogens with zero attached hydrogens (tertiary/aromatic N) is 2. The Labute approximate surface area is 174 Å². The van der Waals surface area contributed by atoms with Gasteiger partial charge in [0.05, 0.1) is 21.2 Å². The summed E-state index contributed by atoms with van der Waals surface area (Å²) in [5, 5.41) is 0.377. The lowest BCUT2D eigenvalue weighted by Crippen LogP contribution is -2.36. The average molecular weight is 425 g/mol. The molecule has 0 aliphatic carbocycles. The molecule has 146 valence electrons. The van der Waals surface area contributed by atoms with Gasteiger partial charge in [-0.25, -0.2) is 13.4 Å². The van der Waals surface area contributed by atoms with E-state index in [0.717, 1.165) is 15.4 Å². The maximum Gasteiger partial charge on any atom is 0.274 e. The number of hydrogen-bond donors (Lipinski definition) is 0. The number of amides is 1. The first-order valence-electron chi connectivity index (χ1n) is 8.90. The molecule has 5 nitrogen and oxygen atoms in total. The fourth-order valence-corrected chi connectivity index (χ4v) is 4.83. The predicted octanol–water partition coefficient (Wildman–Crippen LogP) is 4.88. The molecule has 1 heterocycles. The first kappa shape index (κ1) is 19.4. The van der Waals surface area contributed by atoms with Crippen molar-refractivity contribution in [2.24, 2.45) is 4.99 Å². The number of amidine groups is 1. The normalized spacial score (nSPS) is 15.1. The van der Waals surface area contributed by atoms with Gasteiger partial charge in [-0.1, -0.05) is 59.6 Å². The molecule has 7 heteroatoms. The molecule has 3 aromatic carbocycles.